The third-order valence-corrected chi connectivity index (χ3v) is 3.57. The number of aromatic nitrogens is 2. The van der Waals surface area contributed by atoms with Gasteiger partial charge < -0.3 is 10.1 Å². The van der Waals surface area contributed by atoms with Gasteiger partial charge in [0.2, 0.25) is 0 Å². The lowest BCUT2D eigenvalue weighted by molar-refractivity contribution is 0.0115. The van der Waals surface area contributed by atoms with E-state index in [1.165, 1.54) is 24.8 Å². The minimum atomic E-state index is 0.0637. The van der Waals surface area contributed by atoms with Crippen molar-refractivity contribution in [3.63, 3.8) is 0 Å². The van der Waals surface area contributed by atoms with Gasteiger partial charge in [0.25, 0.3) is 0 Å². The lowest BCUT2D eigenvalue weighted by Gasteiger charge is -2.22. The molecule has 1 aromatic heterocycles. The van der Waals surface area contributed by atoms with E-state index in [0.717, 1.165) is 26.1 Å². The van der Waals surface area contributed by atoms with Crippen molar-refractivity contribution in [2.45, 2.75) is 64.6 Å². The van der Waals surface area contributed by atoms with Gasteiger partial charge in [0.05, 0.1) is 17.8 Å². The van der Waals surface area contributed by atoms with Crippen molar-refractivity contribution >= 4 is 0 Å². The number of hydrogen-bond donors (Lipinski definition) is 1. The Morgan fingerprint density at radius 2 is 2.26 bits per heavy atom. The molecule has 0 radical (unpaired) electrons. The van der Waals surface area contributed by atoms with E-state index in [2.05, 4.69) is 37.4 Å². The Balaban J connectivity index is 1.66. The first-order valence-electron chi connectivity index (χ1n) is 7.42. The van der Waals surface area contributed by atoms with Gasteiger partial charge in [-0.05, 0) is 53.0 Å². The van der Waals surface area contributed by atoms with E-state index in [0.29, 0.717) is 6.10 Å². The van der Waals surface area contributed by atoms with Crippen molar-refractivity contribution in [3.05, 3.63) is 18.0 Å². The van der Waals surface area contributed by atoms with Crippen LogP contribution in [-0.4, -0.2) is 29.0 Å². The molecule has 4 nitrogen and oxygen atoms in total. The first kappa shape index (κ1) is 14.5. The first-order chi connectivity index (χ1) is 9.05. The molecule has 2 rings (SSSR count). The number of rotatable bonds is 5. The summed E-state index contributed by atoms with van der Waals surface area (Å²) in [5, 5.41) is 7.89. The molecule has 108 valence electrons. The van der Waals surface area contributed by atoms with E-state index in [1.54, 1.807) is 0 Å². The summed E-state index contributed by atoms with van der Waals surface area (Å²) in [5.41, 5.74) is 1.31. The molecule has 0 aliphatic carbocycles. The highest BCUT2D eigenvalue weighted by atomic mass is 16.5. The van der Waals surface area contributed by atoms with Crippen molar-refractivity contribution in [2.75, 3.05) is 13.2 Å². The van der Waals surface area contributed by atoms with Gasteiger partial charge >= 0.3 is 0 Å². The first-order valence-corrected chi connectivity index (χ1v) is 7.42. The maximum absolute atomic E-state index is 5.72. The standard InChI is InChI=1S/C15H27N3O/c1-15(2,3)18-12-13(11-17-18)10-16-8-7-14-6-4-5-9-19-14/h11-12,14,16H,4-10H2,1-3H3. The second-order valence-electron chi connectivity index (χ2n) is 6.42. The summed E-state index contributed by atoms with van der Waals surface area (Å²) in [6.45, 7) is 9.35. The van der Waals surface area contributed by atoms with Crippen molar-refractivity contribution < 1.29 is 4.74 Å². The second-order valence-corrected chi connectivity index (χ2v) is 6.42. The number of ether oxygens (including phenoxy) is 1. The predicted molar refractivity (Wildman–Crippen MR) is 77.1 cm³/mol. The molecular weight excluding hydrogens is 238 g/mol. The zero-order valence-electron chi connectivity index (χ0n) is 12.5. The molecule has 1 unspecified atom stereocenters. The maximum atomic E-state index is 5.72. The van der Waals surface area contributed by atoms with Gasteiger partial charge in [0.15, 0.2) is 0 Å². The van der Waals surface area contributed by atoms with Crippen LogP contribution in [0.25, 0.3) is 0 Å². The molecule has 1 saturated heterocycles. The fraction of sp³-hybridized carbons (Fsp3) is 0.800. The van der Waals surface area contributed by atoms with Gasteiger partial charge in [-0.2, -0.15) is 5.10 Å². The summed E-state index contributed by atoms with van der Waals surface area (Å²) >= 11 is 0. The zero-order valence-corrected chi connectivity index (χ0v) is 12.5. The average Bonchev–Trinajstić information content (AvgIpc) is 2.85. The Kier molecular flexibility index (Phi) is 4.99. The van der Waals surface area contributed by atoms with E-state index >= 15 is 0 Å². The van der Waals surface area contributed by atoms with Crippen LogP contribution in [0.3, 0.4) is 0 Å². The molecule has 19 heavy (non-hydrogen) atoms. The molecule has 0 saturated carbocycles. The summed E-state index contributed by atoms with van der Waals surface area (Å²) < 4.78 is 7.74. The Bertz CT molecular complexity index is 375. The van der Waals surface area contributed by atoms with Crippen molar-refractivity contribution in [3.8, 4) is 0 Å². The quantitative estimate of drug-likeness (QED) is 0.832. The smallest absolute Gasteiger partial charge is 0.0587 e. The van der Waals surface area contributed by atoms with Crippen molar-refractivity contribution in [2.24, 2.45) is 0 Å². The van der Waals surface area contributed by atoms with Crippen LogP contribution in [0.2, 0.25) is 0 Å². The number of nitrogens with zero attached hydrogens (tertiary/aromatic N) is 2. The normalized spacial score (nSPS) is 20.7. The van der Waals surface area contributed by atoms with Crippen LogP contribution in [0.1, 0.15) is 52.0 Å². The van der Waals surface area contributed by atoms with Gasteiger partial charge in [-0.1, -0.05) is 0 Å². The SMILES string of the molecule is CC(C)(C)n1cc(CNCCC2CCCCO2)cn1. The number of hydrogen-bond acceptors (Lipinski definition) is 3. The monoisotopic (exact) mass is 265 g/mol. The summed E-state index contributed by atoms with van der Waals surface area (Å²) in [7, 11) is 0. The molecule has 2 heterocycles. The lowest BCUT2D eigenvalue weighted by Crippen LogP contribution is -2.25. The fourth-order valence-corrected chi connectivity index (χ4v) is 2.35. The van der Waals surface area contributed by atoms with Crippen LogP contribution in [0.5, 0.6) is 0 Å². The van der Waals surface area contributed by atoms with Gasteiger partial charge in [-0.15, -0.1) is 0 Å². The van der Waals surface area contributed by atoms with Crippen LogP contribution >= 0.6 is 0 Å². The fourth-order valence-electron chi connectivity index (χ4n) is 2.35. The molecule has 0 bridgehead atoms. The zero-order chi connectivity index (χ0) is 13.7. The van der Waals surface area contributed by atoms with Gasteiger partial charge in [0.1, 0.15) is 0 Å². The molecule has 0 aromatic carbocycles. The third-order valence-electron chi connectivity index (χ3n) is 3.57. The van der Waals surface area contributed by atoms with Crippen LogP contribution in [0.4, 0.5) is 0 Å². The van der Waals surface area contributed by atoms with Crippen molar-refractivity contribution in [1.82, 2.24) is 15.1 Å². The summed E-state index contributed by atoms with van der Waals surface area (Å²) in [6.07, 6.45) is 9.45. The maximum Gasteiger partial charge on any atom is 0.0587 e. The highest BCUT2D eigenvalue weighted by molar-refractivity contribution is 5.04. The van der Waals surface area contributed by atoms with Gasteiger partial charge in [0, 0.05) is 24.9 Å². The molecule has 1 fully saturated rings. The average molecular weight is 265 g/mol. The molecule has 4 heteroatoms. The van der Waals surface area contributed by atoms with E-state index in [-0.39, 0.29) is 5.54 Å². The molecule has 1 aliphatic heterocycles. The molecule has 1 aromatic rings. The van der Waals surface area contributed by atoms with Crippen molar-refractivity contribution in [1.29, 1.82) is 0 Å². The molecule has 1 N–H and O–H groups in total. The topological polar surface area (TPSA) is 39.1 Å². The molecule has 0 spiro atoms. The minimum Gasteiger partial charge on any atom is -0.378 e. The molecule has 0 amide bonds. The van der Waals surface area contributed by atoms with Crippen LogP contribution in [0, 0.1) is 0 Å². The Morgan fingerprint density at radius 3 is 2.89 bits per heavy atom. The summed E-state index contributed by atoms with van der Waals surface area (Å²) in [4.78, 5) is 0. The highest BCUT2D eigenvalue weighted by Crippen LogP contribution is 2.15. The van der Waals surface area contributed by atoms with E-state index < -0.39 is 0 Å². The molecule has 1 aliphatic rings. The van der Waals surface area contributed by atoms with Gasteiger partial charge in [-0.3, -0.25) is 4.68 Å². The summed E-state index contributed by atoms with van der Waals surface area (Å²) in [5.74, 6) is 0. The minimum absolute atomic E-state index is 0.0637. The number of nitrogens with one attached hydrogen (secondary N) is 1. The Labute approximate surface area is 116 Å². The van der Waals surface area contributed by atoms with Crippen LogP contribution < -0.4 is 5.32 Å². The van der Waals surface area contributed by atoms with Crippen LogP contribution in [0.15, 0.2) is 12.4 Å². The largest absolute Gasteiger partial charge is 0.378 e. The highest BCUT2D eigenvalue weighted by Gasteiger charge is 2.14. The third kappa shape index (κ3) is 4.62. The van der Waals surface area contributed by atoms with E-state index in [1.807, 2.05) is 10.9 Å². The van der Waals surface area contributed by atoms with Crippen LogP contribution in [-0.2, 0) is 16.8 Å². The second kappa shape index (κ2) is 6.53. The lowest BCUT2D eigenvalue weighted by atomic mass is 10.1. The predicted octanol–water partition coefficient (Wildman–Crippen LogP) is 2.69. The Hall–Kier alpha value is -0.870. The molecular formula is C15H27N3O. The molecule has 1 atom stereocenters. The summed E-state index contributed by atoms with van der Waals surface area (Å²) in [6, 6.07) is 0. The van der Waals surface area contributed by atoms with E-state index in [9.17, 15) is 0 Å². The van der Waals surface area contributed by atoms with E-state index in [4.69, 9.17) is 4.74 Å². The van der Waals surface area contributed by atoms with Gasteiger partial charge in [-0.25, -0.2) is 0 Å². The Morgan fingerprint density at radius 1 is 1.42 bits per heavy atom.